The average molecular weight is 198 g/mol. The van der Waals surface area contributed by atoms with Gasteiger partial charge in [-0.1, -0.05) is 24.9 Å². The first-order chi connectivity index (χ1) is 6.20. The van der Waals surface area contributed by atoms with Gasteiger partial charge in [0.05, 0.1) is 5.69 Å². The van der Waals surface area contributed by atoms with Crippen molar-refractivity contribution in [2.24, 2.45) is 0 Å². The standard InChI is InChI=1S/C9H12ClN3/c1-2-3-4-13-7(6-11)5-8(12)9(13)10/h5H,2-4,12H2,1H3. The first-order valence-electron chi connectivity index (χ1n) is 4.25. The zero-order valence-corrected chi connectivity index (χ0v) is 8.30. The molecular weight excluding hydrogens is 186 g/mol. The maximum atomic E-state index is 8.77. The summed E-state index contributed by atoms with van der Waals surface area (Å²) >= 11 is 5.92. The van der Waals surface area contributed by atoms with Crippen LogP contribution in [0.1, 0.15) is 25.5 Å². The molecule has 1 heterocycles. The third kappa shape index (κ3) is 1.96. The molecule has 0 aromatic carbocycles. The van der Waals surface area contributed by atoms with E-state index >= 15 is 0 Å². The highest BCUT2D eigenvalue weighted by atomic mass is 35.5. The van der Waals surface area contributed by atoms with Gasteiger partial charge in [-0.25, -0.2) is 0 Å². The lowest BCUT2D eigenvalue weighted by Gasteiger charge is -2.04. The van der Waals surface area contributed by atoms with Gasteiger partial charge in [0.15, 0.2) is 0 Å². The van der Waals surface area contributed by atoms with E-state index in [1.807, 2.05) is 0 Å². The fraction of sp³-hybridized carbons (Fsp3) is 0.444. The maximum Gasteiger partial charge on any atom is 0.133 e. The molecule has 2 N–H and O–H groups in total. The van der Waals surface area contributed by atoms with Crippen LogP contribution in [0.15, 0.2) is 6.07 Å². The molecule has 0 saturated heterocycles. The van der Waals surface area contributed by atoms with E-state index in [1.165, 1.54) is 0 Å². The molecule has 0 radical (unpaired) electrons. The summed E-state index contributed by atoms with van der Waals surface area (Å²) in [5, 5.41) is 9.25. The second-order valence-electron chi connectivity index (χ2n) is 2.89. The lowest BCUT2D eigenvalue weighted by Crippen LogP contribution is -2.00. The van der Waals surface area contributed by atoms with Crippen molar-refractivity contribution in [2.45, 2.75) is 26.3 Å². The number of nitrogens with zero attached hydrogens (tertiary/aromatic N) is 2. The van der Waals surface area contributed by atoms with E-state index in [0.717, 1.165) is 19.4 Å². The van der Waals surface area contributed by atoms with Crippen LogP contribution in [0.25, 0.3) is 0 Å². The Morgan fingerprint density at radius 1 is 1.69 bits per heavy atom. The number of halogens is 1. The summed E-state index contributed by atoms with van der Waals surface area (Å²) in [6, 6.07) is 3.67. The predicted molar refractivity (Wildman–Crippen MR) is 53.5 cm³/mol. The highest BCUT2D eigenvalue weighted by Gasteiger charge is 2.09. The fourth-order valence-corrected chi connectivity index (χ4v) is 1.40. The minimum Gasteiger partial charge on any atom is -0.396 e. The number of nitrogens with two attached hydrogens (primary N) is 1. The number of aromatic nitrogens is 1. The van der Waals surface area contributed by atoms with Crippen LogP contribution in [0.4, 0.5) is 5.69 Å². The minimum absolute atomic E-state index is 0.477. The highest BCUT2D eigenvalue weighted by Crippen LogP contribution is 2.23. The van der Waals surface area contributed by atoms with Crippen molar-refractivity contribution in [3.8, 4) is 6.07 Å². The summed E-state index contributed by atoms with van der Waals surface area (Å²) < 4.78 is 1.75. The van der Waals surface area contributed by atoms with E-state index in [0.29, 0.717) is 16.5 Å². The smallest absolute Gasteiger partial charge is 0.133 e. The van der Waals surface area contributed by atoms with E-state index in [9.17, 15) is 0 Å². The molecule has 0 amide bonds. The first kappa shape index (κ1) is 9.94. The first-order valence-corrected chi connectivity index (χ1v) is 4.63. The number of rotatable bonds is 3. The third-order valence-corrected chi connectivity index (χ3v) is 2.33. The molecule has 3 nitrogen and oxygen atoms in total. The van der Waals surface area contributed by atoms with Gasteiger partial charge in [0.2, 0.25) is 0 Å². The zero-order valence-electron chi connectivity index (χ0n) is 7.55. The Labute approximate surface area is 82.7 Å². The molecule has 1 aromatic rings. The topological polar surface area (TPSA) is 54.7 Å². The molecule has 1 rings (SSSR count). The summed E-state index contributed by atoms with van der Waals surface area (Å²) in [4.78, 5) is 0. The van der Waals surface area contributed by atoms with Crippen molar-refractivity contribution in [3.05, 3.63) is 16.9 Å². The largest absolute Gasteiger partial charge is 0.396 e. The SMILES string of the molecule is CCCCn1c(C#N)cc(N)c1Cl. The lowest BCUT2D eigenvalue weighted by atomic mass is 10.3. The van der Waals surface area contributed by atoms with Gasteiger partial charge in [0.25, 0.3) is 0 Å². The molecule has 0 aliphatic rings. The quantitative estimate of drug-likeness (QED) is 0.809. The van der Waals surface area contributed by atoms with E-state index in [-0.39, 0.29) is 0 Å². The van der Waals surface area contributed by atoms with Crippen LogP contribution in [-0.4, -0.2) is 4.57 Å². The molecule has 4 heteroatoms. The molecule has 0 saturated carbocycles. The Kier molecular flexibility index (Phi) is 3.21. The molecule has 13 heavy (non-hydrogen) atoms. The van der Waals surface area contributed by atoms with Crippen molar-refractivity contribution < 1.29 is 0 Å². The molecule has 1 aromatic heterocycles. The molecular formula is C9H12ClN3. The van der Waals surface area contributed by atoms with E-state index in [2.05, 4.69) is 13.0 Å². The van der Waals surface area contributed by atoms with Gasteiger partial charge < -0.3 is 10.3 Å². The summed E-state index contributed by atoms with van der Waals surface area (Å²) in [6.45, 7) is 2.85. The average Bonchev–Trinajstić information content (AvgIpc) is 2.40. The zero-order chi connectivity index (χ0) is 9.84. The summed E-state index contributed by atoms with van der Waals surface area (Å²) in [5.74, 6) is 0. The Balaban J connectivity index is 2.96. The van der Waals surface area contributed by atoms with Gasteiger partial charge >= 0.3 is 0 Å². The number of unbranched alkanes of at least 4 members (excludes halogenated alkanes) is 1. The van der Waals surface area contributed by atoms with Crippen LogP contribution >= 0.6 is 11.6 Å². The summed E-state index contributed by atoms with van der Waals surface area (Å²) in [7, 11) is 0. The minimum atomic E-state index is 0.477. The van der Waals surface area contributed by atoms with Gasteiger partial charge in [-0.2, -0.15) is 5.26 Å². The van der Waals surface area contributed by atoms with Crippen molar-refractivity contribution in [3.63, 3.8) is 0 Å². The Bertz CT molecular complexity index is 335. The lowest BCUT2D eigenvalue weighted by molar-refractivity contribution is 0.630. The van der Waals surface area contributed by atoms with Crippen LogP contribution in [0, 0.1) is 11.3 Å². The number of anilines is 1. The highest BCUT2D eigenvalue weighted by molar-refractivity contribution is 6.32. The van der Waals surface area contributed by atoms with E-state index < -0.39 is 0 Å². The number of hydrogen-bond donors (Lipinski definition) is 1. The Morgan fingerprint density at radius 3 is 2.92 bits per heavy atom. The monoisotopic (exact) mass is 197 g/mol. The fourth-order valence-electron chi connectivity index (χ4n) is 1.17. The Hall–Kier alpha value is -1.14. The van der Waals surface area contributed by atoms with Crippen molar-refractivity contribution in [1.29, 1.82) is 5.26 Å². The number of nitrogen functional groups attached to an aromatic ring is 1. The third-order valence-electron chi connectivity index (χ3n) is 1.91. The number of hydrogen-bond acceptors (Lipinski definition) is 2. The molecule has 0 aliphatic carbocycles. The Morgan fingerprint density at radius 2 is 2.38 bits per heavy atom. The number of nitriles is 1. The summed E-state index contributed by atoms with van der Waals surface area (Å²) in [6.07, 6.45) is 2.07. The predicted octanol–water partition coefficient (Wildman–Crippen LogP) is 2.40. The maximum absolute atomic E-state index is 8.77. The molecule has 0 spiro atoms. The molecule has 70 valence electrons. The van der Waals surface area contributed by atoms with Gasteiger partial charge in [0.1, 0.15) is 16.9 Å². The van der Waals surface area contributed by atoms with Gasteiger partial charge in [-0.3, -0.25) is 0 Å². The summed E-state index contributed by atoms with van der Waals surface area (Å²) in [5.41, 5.74) is 6.60. The van der Waals surface area contributed by atoms with Crippen LogP contribution in [0.5, 0.6) is 0 Å². The molecule has 0 unspecified atom stereocenters. The van der Waals surface area contributed by atoms with Gasteiger partial charge in [0, 0.05) is 6.54 Å². The van der Waals surface area contributed by atoms with E-state index in [1.54, 1.807) is 10.6 Å². The second kappa shape index (κ2) is 4.20. The normalized spacial score (nSPS) is 9.92. The van der Waals surface area contributed by atoms with Gasteiger partial charge in [-0.15, -0.1) is 0 Å². The molecule has 0 atom stereocenters. The van der Waals surface area contributed by atoms with Crippen molar-refractivity contribution in [2.75, 3.05) is 5.73 Å². The second-order valence-corrected chi connectivity index (χ2v) is 3.25. The van der Waals surface area contributed by atoms with E-state index in [4.69, 9.17) is 22.6 Å². The van der Waals surface area contributed by atoms with Crippen molar-refractivity contribution >= 4 is 17.3 Å². The molecule has 0 aliphatic heterocycles. The van der Waals surface area contributed by atoms with Crippen LogP contribution in [0.3, 0.4) is 0 Å². The van der Waals surface area contributed by atoms with Gasteiger partial charge in [-0.05, 0) is 12.5 Å². The van der Waals surface area contributed by atoms with Crippen LogP contribution in [-0.2, 0) is 6.54 Å². The molecule has 0 fully saturated rings. The van der Waals surface area contributed by atoms with Crippen LogP contribution in [0.2, 0.25) is 5.15 Å². The van der Waals surface area contributed by atoms with Crippen molar-refractivity contribution in [1.82, 2.24) is 4.57 Å². The molecule has 0 bridgehead atoms. The van der Waals surface area contributed by atoms with Crippen LogP contribution < -0.4 is 5.73 Å².